The van der Waals surface area contributed by atoms with E-state index >= 15 is 0 Å². The smallest absolute Gasteiger partial charge is 0.270 e. The zero-order valence-electron chi connectivity index (χ0n) is 11.9. The fraction of sp³-hybridized carbons (Fsp3) is 0.571. The molecular weight excluding hydrogens is 288 g/mol. The predicted molar refractivity (Wildman–Crippen MR) is 82.1 cm³/mol. The molecule has 0 aromatic carbocycles. The van der Waals surface area contributed by atoms with Gasteiger partial charge in [0, 0.05) is 44.0 Å². The zero-order valence-corrected chi connectivity index (χ0v) is 12.7. The molecule has 2 aliphatic heterocycles. The maximum atomic E-state index is 12.4. The molecule has 0 spiro atoms. The number of aromatic nitrogens is 1. The highest BCUT2D eigenvalue weighted by Crippen LogP contribution is 2.14. The molecule has 0 saturated carbocycles. The van der Waals surface area contributed by atoms with Gasteiger partial charge in [-0.15, -0.1) is 11.8 Å². The van der Waals surface area contributed by atoms with Crippen LogP contribution in [0.15, 0.2) is 18.3 Å². The minimum absolute atomic E-state index is 0.0174. The second-order valence-electron chi connectivity index (χ2n) is 5.33. The Bertz CT molecular complexity index is 499. The van der Waals surface area contributed by atoms with Crippen LogP contribution in [0.2, 0.25) is 0 Å². The first-order chi connectivity index (χ1) is 10.3. The van der Waals surface area contributed by atoms with Gasteiger partial charge in [0.2, 0.25) is 5.91 Å². The van der Waals surface area contributed by atoms with Gasteiger partial charge in [0.05, 0.1) is 6.04 Å². The van der Waals surface area contributed by atoms with E-state index in [4.69, 9.17) is 0 Å². The molecule has 2 saturated heterocycles. The van der Waals surface area contributed by atoms with Crippen molar-refractivity contribution in [3.05, 3.63) is 24.0 Å². The van der Waals surface area contributed by atoms with Gasteiger partial charge < -0.3 is 14.8 Å². The second kappa shape index (κ2) is 6.53. The molecule has 0 aliphatic carbocycles. The Morgan fingerprint density at radius 3 is 2.71 bits per heavy atom. The summed E-state index contributed by atoms with van der Waals surface area (Å²) in [6, 6.07) is 3.56. The largest absolute Gasteiger partial charge is 0.357 e. The van der Waals surface area contributed by atoms with Crippen LogP contribution in [0.4, 0.5) is 0 Å². The summed E-state index contributed by atoms with van der Waals surface area (Å²) >= 11 is 1.76. The number of nitrogens with zero attached hydrogens (tertiary/aromatic N) is 2. The number of carbonyl (C=O) groups is 2. The van der Waals surface area contributed by atoms with Crippen molar-refractivity contribution in [3.63, 3.8) is 0 Å². The molecule has 3 rings (SSSR count). The molecule has 1 unspecified atom stereocenters. The lowest BCUT2D eigenvalue weighted by Crippen LogP contribution is -2.46. The third-order valence-electron chi connectivity index (χ3n) is 3.94. The summed E-state index contributed by atoms with van der Waals surface area (Å²) in [6.07, 6.45) is 2.59. The van der Waals surface area contributed by atoms with E-state index in [0.717, 1.165) is 24.6 Å². The first kappa shape index (κ1) is 14.5. The number of nitrogens with one attached hydrogen (secondary N) is 2. The van der Waals surface area contributed by atoms with Crippen molar-refractivity contribution in [2.24, 2.45) is 0 Å². The molecule has 1 aromatic heterocycles. The van der Waals surface area contributed by atoms with E-state index in [-0.39, 0.29) is 17.9 Å². The summed E-state index contributed by atoms with van der Waals surface area (Å²) in [6.45, 7) is 2.66. The van der Waals surface area contributed by atoms with Crippen LogP contribution in [0.1, 0.15) is 16.9 Å². The third kappa shape index (κ3) is 3.24. The van der Waals surface area contributed by atoms with E-state index < -0.39 is 0 Å². The Morgan fingerprint density at radius 1 is 1.19 bits per heavy atom. The number of amides is 2. The Kier molecular flexibility index (Phi) is 4.50. The molecule has 0 radical (unpaired) electrons. The standard InChI is InChI=1S/C14H20N4O2S/c19-13(11-3-1-4-15-11)17-5-2-6-18(8-7-17)14(20)12-9-21-10-16-12/h1,3-4,12,15-16H,2,5-10H2. The summed E-state index contributed by atoms with van der Waals surface area (Å²) < 4.78 is 0. The minimum atomic E-state index is -0.0549. The summed E-state index contributed by atoms with van der Waals surface area (Å²) in [5, 5.41) is 3.22. The van der Waals surface area contributed by atoms with Gasteiger partial charge in [-0.1, -0.05) is 0 Å². The van der Waals surface area contributed by atoms with Crippen molar-refractivity contribution in [1.82, 2.24) is 20.1 Å². The topological polar surface area (TPSA) is 68.4 Å². The molecule has 1 atom stereocenters. The van der Waals surface area contributed by atoms with Crippen LogP contribution in [-0.4, -0.2) is 70.4 Å². The maximum absolute atomic E-state index is 12.4. The quantitative estimate of drug-likeness (QED) is 0.827. The molecule has 21 heavy (non-hydrogen) atoms. The number of carbonyl (C=O) groups excluding carboxylic acids is 2. The minimum Gasteiger partial charge on any atom is -0.357 e. The van der Waals surface area contributed by atoms with Crippen molar-refractivity contribution in [2.75, 3.05) is 37.8 Å². The molecule has 1 aromatic rings. The lowest BCUT2D eigenvalue weighted by Gasteiger charge is -2.24. The fourth-order valence-electron chi connectivity index (χ4n) is 2.75. The molecule has 114 valence electrons. The van der Waals surface area contributed by atoms with Gasteiger partial charge in [0.25, 0.3) is 5.91 Å². The van der Waals surface area contributed by atoms with Gasteiger partial charge in [-0.25, -0.2) is 0 Å². The average molecular weight is 308 g/mol. The highest BCUT2D eigenvalue weighted by atomic mass is 32.2. The number of aromatic amines is 1. The van der Waals surface area contributed by atoms with E-state index in [9.17, 15) is 9.59 Å². The number of rotatable bonds is 2. The Morgan fingerprint density at radius 2 is 2.00 bits per heavy atom. The number of H-pyrrole nitrogens is 1. The summed E-state index contributed by atoms with van der Waals surface area (Å²) in [5.74, 6) is 1.89. The van der Waals surface area contributed by atoms with Crippen LogP contribution in [-0.2, 0) is 4.79 Å². The molecule has 0 bridgehead atoms. The zero-order chi connectivity index (χ0) is 14.7. The van der Waals surface area contributed by atoms with Crippen LogP contribution >= 0.6 is 11.8 Å². The Labute approximate surface area is 128 Å². The van der Waals surface area contributed by atoms with Crippen LogP contribution in [0.3, 0.4) is 0 Å². The van der Waals surface area contributed by atoms with Crippen LogP contribution in [0, 0.1) is 0 Å². The normalized spacial score (nSPS) is 23.1. The second-order valence-corrected chi connectivity index (χ2v) is 6.36. The highest BCUT2D eigenvalue weighted by Gasteiger charge is 2.29. The number of hydrogen-bond donors (Lipinski definition) is 2. The molecule has 2 N–H and O–H groups in total. The van der Waals surface area contributed by atoms with Gasteiger partial charge in [-0.05, 0) is 18.6 Å². The van der Waals surface area contributed by atoms with Crippen LogP contribution < -0.4 is 5.32 Å². The van der Waals surface area contributed by atoms with Gasteiger partial charge >= 0.3 is 0 Å². The summed E-state index contributed by atoms with van der Waals surface area (Å²) in [5.41, 5.74) is 0.614. The molecule has 6 nitrogen and oxygen atoms in total. The van der Waals surface area contributed by atoms with E-state index in [0.29, 0.717) is 25.3 Å². The summed E-state index contributed by atoms with van der Waals surface area (Å²) in [4.78, 5) is 31.4. The van der Waals surface area contributed by atoms with E-state index in [2.05, 4.69) is 10.3 Å². The molecule has 2 amide bonds. The van der Waals surface area contributed by atoms with Crippen LogP contribution in [0.25, 0.3) is 0 Å². The van der Waals surface area contributed by atoms with Crippen molar-refractivity contribution >= 4 is 23.6 Å². The van der Waals surface area contributed by atoms with E-state index in [1.165, 1.54) is 0 Å². The molecule has 2 fully saturated rings. The van der Waals surface area contributed by atoms with Gasteiger partial charge in [0.15, 0.2) is 0 Å². The van der Waals surface area contributed by atoms with Gasteiger partial charge in [-0.3, -0.25) is 14.9 Å². The average Bonchev–Trinajstić information content (AvgIpc) is 3.15. The SMILES string of the molecule is O=C(c1ccc[nH]1)N1CCCN(C(=O)C2CSCN2)CC1. The third-order valence-corrected chi connectivity index (χ3v) is 4.88. The first-order valence-electron chi connectivity index (χ1n) is 7.28. The Hall–Kier alpha value is -1.47. The van der Waals surface area contributed by atoms with Gasteiger partial charge in [-0.2, -0.15) is 0 Å². The molecule has 7 heteroatoms. The van der Waals surface area contributed by atoms with Crippen LogP contribution in [0.5, 0.6) is 0 Å². The maximum Gasteiger partial charge on any atom is 0.270 e. The fourth-order valence-corrected chi connectivity index (χ4v) is 3.68. The van der Waals surface area contributed by atoms with E-state index in [1.807, 2.05) is 15.9 Å². The molecule has 2 aliphatic rings. The molecule has 3 heterocycles. The first-order valence-corrected chi connectivity index (χ1v) is 8.44. The van der Waals surface area contributed by atoms with Crippen molar-refractivity contribution < 1.29 is 9.59 Å². The summed E-state index contributed by atoms with van der Waals surface area (Å²) in [7, 11) is 0. The Balaban J connectivity index is 1.59. The monoisotopic (exact) mass is 308 g/mol. The highest BCUT2D eigenvalue weighted by molar-refractivity contribution is 7.99. The number of hydrogen-bond acceptors (Lipinski definition) is 4. The molecular formula is C14H20N4O2S. The predicted octanol–water partition coefficient (Wildman–Crippen LogP) is 0.352. The van der Waals surface area contributed by atoms with Crippen molar-refractivity contribution in [2.45, 2.75) is 12.5 Å². The lowest BCUT2D eigenvalue weighted by atomic mass is 10.2. The van der Waals surface area contributed by atoms with Gasteiger partial charge in [0.1, 0.15) is 5.69 Å². The lowest BCUT2D eigenvalue weighted by molar-refractivity contribution is -0.132. The van der Waals surface area contributed by atoms with E-state index in [1.54, 1.807) is 24.0 Å². The van der Waals surface area contributed by atoms with Crippen molar-refractivity contribution in [1.29, 1.82) is 0 Å². The number of thioether (sulfide) groups is 1. The van der Waals surface area contributed by atoms with Crippen molar-refractivity contribution in [3.8, 4) is 0 Å².